The summed E-state index contributed by atoms with van der Waals surface area (Å²) < 4.78 is 16.2. The number of nitrogens with one attached hydrogen (secondary N) is 2. The van der Waals surface area contributed by atoms with Crippen molar-refractivity contribution in [3.8, 4) is 11.3 Å². The molecule has 1 aliphatic heterocycles. The summed E-state index contributed by atoms with van der Waals surface area (Å²) in [5.41, 5.74) is -0.541. The summed E-state index contributed by atoms with van der Waals surface area (Å²) in [5.74, 6) is -4.58. The van der Waals surface area contributed by atoms with Crippen LogP contribution in [0.1, 0.15) is 63.9 Å². The highest BCUT2D eigenvalue weighted by Gasteiger charge is 2.55. The lowest BCUT2D eigenvalue weighted by atomic mass is 9.70. The second-order valence-corrected chi connectivity index (χ2v) is 10.9. The van der Waals surface area contributed by atoms with Crippen molar-refractivity contribution in [1.29, 1.82) is 0 Å². The number of carbonyl (C=O) groups is 5. The zero-order valence-electron chi connectivity index (χ0n) is 25.0. The molecule has 1 fully saturated rings. The van der Waals surface area contributed by atoms with E-state index in [9.17, 15) is 29.1 Å². The Labute approximate surface area is 251 Å². The van der Waals surface area contributed by atoms with E-state index in [2.05, 4.69) is 15.6 Å². The smallest absolute Gasteiger partial charge is 0.508 e. The van der Waals surface area contributed by atoms with Crippen LogP contribution in [0, 0.1) is 5.92 Å². The van der Waals surface area contributed by atoms with Gasteiger partial charge in [-0.2, -0.15) is 0 Å². The first-order valence-electron chi connectivity index (χ1n) is 14.2. The predicted octanol–water partition coefficient (Wildman–Crippen LogP) is 2.03. The zero-order valence-corrected chi connectivity index (χ0v) is 25.0. The third-order valence-corrected chi connectivity index (χ3v) is 6.94. The summed E-state index contributed by atoms with van der Waals surface area (Å²) in [4.78, 5) is 68.8. The maximum Gasteiger partial charge on any atom is 0.552 e. The van der Waals surface area contributed by atoms with Gasteiger partial charge in [0.1, 0.15) is 17.5 Å². The maximum atomic E-state index is 13.5. The van der Waals surface area contributed by atoms with E-state index in [1.807, 2.05) is 44.2 Å². The zero-order chi connectivity index (χ0) is 31.7. The van der Waals surface area contributed by atoms with Gasteiger partial charge in [0.2, 0.25) is 5.91 Å². The third-order valence-electron chi connectivity index (χ3n) is 6.94. The molecule has 2 amide bonds. The number of hydrogen-bond acceptors (Lipinski definition) is 10. The number of carbonyl (C=O) groups excluding carboxylic acids is 5. The third kappa shape index (κ3) is 8.71. The molecule has 12 nitrogen and oxygen atoms in total. The van der Waals surface area contributed by atoms with E-state index in [0.29, 0.717) is 5.69 Å². The first-order chi connectivity index (χ1) is 20.4. The fourth-order valence-electron chi connectivity index (χ4n) is 4.75. The van der Waals surface area contributed by atoms with Gasteiger partial charge in [0, 0.05) is 18.4 Å². The van der Waals surface area contributed by atoms with E-state index >= 15 is 0 Å². The van der Waals surface area contributed by atoms with Crippen molar-refractivity contribution in [2.45, 2.75) is 77.1 Å². The van der Waals surface area contributed by atoms with Crippen LogP contribution in [0.15, 0.2) is 48.5 Å². The lowest BCUT2D eigenvalue weighted by Crippen LogP contribution is -2.63. The summed E-state index contributed by atoms with van der Waals surface area (Å²) in [6.45, 7) is 6.67. The van der Waals surface area contributed by atoms with Gasteiger partial charge in [-0.05, 0) is 31.4 Å². The van der Waals surface area contributed by atoms with Crippen molar-refractivity contribution in [3.05, 3.63) is 54.2 Å². The highest BCUT2D eigenvalue weighted by molar-refractivity contribution is 6.50. The predicted molar refractivity (Wildman–Crippen MR) is 156 cm³/mol. The molecule has 0 bridgehead atoms. The van der Waals surface area contributed by atoms with Gasteiger partial charge in [0.05, 0.1) is 31.3 Å². The van der Waals surface area contributed by atoms with Crippen molar-refractivity contribution in [2.75, 3.05) is 7.11 Å². The van der Waals surface area contributed by atoms with Gasteiger partial charge in [-0.3, -0.25) is 19.2 Å². The molecular weight excluding hydrogens is 557 g/mol. The number of aliphatic hydroxyl groups excluding tert-OH is 1. The van der Waals surface area contributed by atoms with Gasteiger partial charge in [-0.1, -0.05) is 57.2 Å². The largest absolute Gasteiger partial charge is 0.552 e. The molecule has 1 saturated heterocycles. The number of ketones is 1. The Hall–Kier alpha value is -4.10. The summed E-state index contributed by atoms with van der Waals surface area (Å²) >= 11 is 0. The fourth-order valence-corrected chi connectivity index (χ4v) is 4.75. The van der Waals surface area contributed by atoms with Crippen molar-refractivity contribution in [2.24, 2.45) is 5.92 Å². The van der Waals surface area contributed by atoms with Crippen molar-refractivity contribution < 1.29 is 43.1 Å². The molecule has 4 atom stereocenters. The van der Waals surface area contributed by atoms with Gasteiger partial charge in [-0.25, -0.2) is 9.78 Å². The second kappa shape index (κ2) is 14.9. The normalized spacial score (nSPS) is 18.7. The van der Waals surface area contributed by atoms with E-state index in [4.69, 9.17) is 14.0 Å². The minimum atomic E-state index is -1.92. The first-order valence-corrected chi connectivity index (χ1v) is 14.2. The summed E-state index contributed by atoms with van der Waals surface area (Å²) in [6, 6.07) is 12.7. The number of aromatic nitrogens is 1. The molecule has 0 saturated carbocycles. The van der Waals surface area contributed by atoms with Crippen LogP contribution >= 0.6 is 0 Å². The number of aliphatic hydroxyl groups is 1. The lowest BCUT2D eigenvalue weighted by molar-refractivity contribution is -0.175. The van der Waals surface area contributed by atoms with Crippen molar-refractivity contribution in [3.63, 3.8) is 0 Å². The monoisotopic (exact) mass is 595 g/mol. The molecule has 0 spiro atoms. The lowest BCUT2D eigenvalue weighted by Gasteiger charge is -2.39. The number of benzene rings is 1. The van der Waals surface area contributed by atoms with Crippen LogP contribution in [0.2, 0.25) is 0 Å². The molecule has 1 aromatic heterocycles. The highest BCUT2D eigenvalue weighted by atomic mass is 16.7. The Morgan fingerprint density at radius 2 is 1.77 bits per heavy atom. The topological polar surface area (TPSA) is 170 Å². The molecule has 0 aliphatic carbocycles. The van der Waals surface area contributed by atoms with Gasteiger partial charge in [0.15, 0.2) is 5.60 Å². The van der Waals surface area contributed by atoms with Gasteiger partial charge in [0.25, 0.3) is 11.9 Å². The Kier molecular flexibility index (Phi) is 11.6. The Bertz CT molecular complexity index is 1320. The molecule has 230 valence electrons. The van der Waals surface area contributed by atoms with E-state index in [1.165, 1.54) is 13.0 Å². The van der Waals surface area contributed by atoms with Crippen LogP contribution in [0.25, 0.3) is 11.3 Å². The molecule has 1 aliphatic rings. The second-order valence-electron chi connectivity index (χ2n) is 10.9. The van der Waals surface area contributed by atoms with E-state index in [-0.39, 0.29) is 30.2 Å². The first kappa shape index (κ1) is 33.4. The van der Waals surface area contributed by atoms with E-state index in [0.717, 1.165) is 12.7 Å². The van der Waals surface area contributed by atoms with Crippen LogP contribution < -0.4 is 10.6 Å². The van der Waals surface area contributed by atoms with Crippen LogP contribution in [-0.2, 0) is 33.2 Å². The highest BCUT2D eigenvalue weighted by Crippen LogP contribution is 2.31. The minimum absolute atomic E-state index is 0.0338. The van der Waals surface area contributed by atoms with Gasteiger partial charge in [-0.15, -0.1) is 0 Å². The molecule has 3 N–H and O–H groups in total. The minimum Gasteiger partial charge on any atom is -0.508 e. The molecular formula is C30H38BN3O9. The average molecular weight is 595 g/mol. The molecule has 43 heavy (non-hydrogen) atoms. The number of amides is 2. The molecule has 3 rings (SSSR count). The number of rotatable bonds is 13. The Balaban J connectivity index is 1.83. The summed E-state index contributed by atoms with van der Waals surface area (Å²) in [7, 11) is -0.335. The average Bonchev–Trinajstić information content (AvgIpc) is 2.98. The number of nitrogens with zero attached hydrogens (tertiary/aromatic N) is 1. The number of pyridine rings is 1. The molecule has 2 heterocycles. The number of hydrogen-bond donors (Lipinski definition) is 3. The van der Waals surface area contributed by atoms with Crippen LogP contribution in [0.4, 0.5) is 0 Å². The van der Waals surface area contributed by atoms with Gasteiger partial charge < -0.3 is 29.8 Å². The van der Waals surface area contributed by atoms with Crippen LogP contribution in [0.3, 0.4) is 0 Å². The summed E-state index contributed by atoms with van der Waals surface area (Å²) in [5, 5.41) is 15.7. The quantitative estimate of drug-likeness (QED) is 0.230. The van der Waals surface area contributed by atoms with Crippen molar-refractivity contribution in [1.82, 2.24) is 15.6 Å². The van der Waals surface area contributed by atoms with Crippen molar-refractivity contribution >= 4 is 36.7 Å². The standard InChI is InChI=1S/C30H38BN3O9/c1-6-21(36)16-30(29(40)41-5)17-25(37)42-31(43-30)24(15-18(2)3)33-28(39)26(19(4)35)34-27(38)23-14-10-13-22(32-23)20-11-8-7-9-12-20/h7-14,18-19,24,26,35H,6,15-17H2,1-5H3,(H,33,39)(H,34,38)/t19-,24+,26?,30-/m1/s1. The number of ether oxygens (including phenoxy) is 1. The molecule has 13 heteroatoms. The van der Waals surface area contributed by atoms with Crippen LogP contribution in [0.5, 0.6) is 0 Å². The van der Waals surface area contributed by atoms with Gasteiger partial charge >= 0.3 is 13.1 Å². The SMILES string of the molecule is CCC(=O)C[C@]1(C(=O)OC)CC(=O)OB([C@H](CC(C)C)NC(=O)C(NC(=O)c2cccc(-c3ccccc3)n2)[C@@H](C)O)O1. The number of esters is 1. The van der Waals surface area contributed by atoms with E-state index < -0.39 is 67.4 Å². The Morgan fingerprint density at radius 3 is 2.37 bits per heavy atom. The number of methoxy groups -OCH3 is 1. The Morgan fingerprint density at radius 1 is 1.07 bits per heavy atom. The molecule has 1 unspecified atom stereocenters. The maximum absolute atomic E-state index is 13.5. The van der Waals surface area contributed by atoms with Crippen LogP contribution in [-0.4, -0.2) is 77.5 Å². The molecule has 1 aromatic carbocycles. The molecule has 0 radical (unpaired) electrons. The van der Waals surface area contributed by atoms with E-state index in [1.54, 1.807) is 19.1 Å². The number of Topliss-reactive ketones (excluding diaryl/α,β-unsaturated/α-hetero) is 1. The molecule has 2 aromatic rings. The fraction of sp³-hybridized carbons (Fsp3) is 0.467. The summed E-state index contributed by atoms with van der Waals surface area (Å²) in [6.07, 6.45) is -1.94.